The monoisotopic (exact) mass is 306 g/mol. The molecule has 1 aromatic rings. The average Bonchev–Trinajstić information content (AvgIpc) is 2.74. The molecule has 2 aliphatic heterocycles. The summed E-state index contributed by atoms with van der Waals surface area (Å²) in [4.78, 5) is 25.9. The van der Waals surface area contributed by atoms with Gasteiger partial charge >= 0.3 is 5.97 Å². The SMILES string of the molecule is CC1(C)S[C@H]2[C@H](N)C(=O)N2[C@H]1C(=O)OCc1ccccc1. The molecule has 2 aliphatic rings. The van der Waals surface area contributed by atoms with E-state index in [1.54, 1.807) is 16.7 Å². The van der Waals surface area contributed by atoms with Crippen LogP contribution in [0.15, 0.2) is 30.3 Å². The fraction of sp³-hybridized carbons (Fsp3) is 0.467. The van der Waals surface area contributed by atoms with Crippen molar-refractivity contribution in [2.75, 3.05) is 0 Å². The second kappa shape index (κ2) is 5.03. The normalized spacial score (nSPS) is 29.8. The molecule has 0 saturated carbocycles. The van der Waals surface area contributed by atoms with Gasteiger partial charge in [0.15, 0.2) is 0 Å². The van der Waals surface area contributed by atoms with Gasteiger partial charge in [-0.15, -0.1) is 11.8 Å². The minimum atomic E-state index is -0.566. The maximum absolute atomic E-state index is 12.4. The van der Waals surface area contributed by atoms with Crippen LogP contribution >= 0.6 is 11.8 Å². The lowest BCUT2D eigenvalue weighted by molar-refractivity contribution is -0.163. The number of hydrogen-bond acceptors (Lipinski definition) is 5. The summed E-state index contributed by atoms with van der Waals surface area (Å²) in [5, 5.41) is -0.109. The highest BCUT2D eigenvalue weighted by Crippen LogP contribution is 2.50. The maximum Gasteiger partial charge on any atom is 0.330 e. The van der Waals surface area contributed by atoms with E-state index in [2.05, 4.69) is 0 Å². The zero-order valence-electron chi connectivity index (χ0n) is 12.0. The van der Waals surface area contributed by atoms with Gasteiger partial charge in [-0.1, -0.05) is 30.3 Å². The van der Waals surface area contributed by atoms with Crippen molar-refractivity contribution in [1.82, 2.24) is 4.90 Å². The third kappa shape index (κ3) is 2.32. The van der Waals surface area contributed by atoms with Crippen molar-refractivity contribution in [1.29, 1.82) is 0 Å². The Hall–Kier alpha value is -1.53. The van der Waals surface area contributed by atoms with Crippen LogP contribution in [0.3, 0.4) is 0 Å². The minimum absolute atomic E-state index is 0.109. The Morgan fingerprint density at radius 2 is 2.05 bits per heavy atom. The number of thioether (sulfide) groups is 1. The average molecular weight is 306 g/mol. The van der Waals surface area contributed by atoms with Crippen LogP contribution < -0.4 is 5.73 Å². The van der Waals surface area contributed by atoms with Gasteiger partial charge < -0.3 is 15.4 Å². The van der Waals surface area contributed by atoms with E-state index in [4.69, 9.17) is 10.5 Å². The molecule has 0 radical (unpaired) electrons. The Bertz CT molecular complexity index is 576. The first-order valence-electron chi connectivity index (χ1n) is 6.88. The Labute approximate surface area is 127 Å². The first kappa shape index (κ1) is 14.4. The quantitative estimate of drug-likeness (QED) is 0.669. The highest BCUT2D eigenvalue weighted by Gasteiger charge is 2.63. The minimum Gasteiger partial charge on any atom is -0.459 e. The molecule has 1 amide bonds. The van der Waals surface area contributed by atoms with Crippen molar-refractivity contribution >= 4 is 23.6 Å². The summed E-state index contributed by atoms with van der Waals surface area (Å²) in [6.07, 6.45) is 0. The Balaban J connectivity index is 1.70. The van der Waals surface area contributed by atoms with Gasteiger partial charge in [0, 0.05) is 4.75 Å². The summed E-state index contributed by atoms with van der Waals surface area (Å²) in [5.74, 6) is -0.529. The van der Waals surface area contributed by atoms with Gasteiger partial charge in [-0.25, -0.2) is 4.79 Å². The Morgan fingerprint density at radius 3 is 2.71 bits per heavy atom. The predicted octanol–water partition coefficient (Wildman–Crippen LogP) is 1.12. The molecular formula is C15H18N2O3S. The molecule has 2 fully saturated rings. The molecule has 5 nitrogen and oxygen atoms in total. The van der Waals surface area contributed by atoms with Crippen LogP contribution in [0.5, 0.6) is 0 Å². The third-order valence-electron chi connectivity index (χ3n) is 3.93. The Morgan fingerprint density at radius 1 is 1.38 bits per heavy atom. The van der Waals surface area contributed by atoms with Gasteiger partial charge in [-0.05, 0) is 19.4 Å². The molecule has 2 saturated heterocycles. The number of rotatable bonds is 3. The number of amides is 1. The number of carbonyl (C=O) groups is 2. The summed E-state index contributed by atoms with van der Waals surface area (Å²) in [6.45, 7) is 4.12. The van der Waals surface area contributed by atoms with Gasteiger partial charge in [0.2, 0.25) is 5.91 Å². The lowest BCUT2D eigenvalue weighted by Crippen LogP contribution is -2.68. The molecule has 3 rings (SSSR count). The zero-order chi connectivity index (χ0) is 15.2. The number of β-lactam (4-membered cyclic amide) rings is 1. The van der Waals surface area contributed by atoms with Gasteiger partial charge in [-0.2, -0.15) is 0 Å². The number of carbonyl (C=O) groups excluding carboxylic acids is 2. The van der Waals surface area contributed by atoms with E-state index < -0.39 is 12.1 Å². The molecule has 2 heterocycles. The second-order valence-corrected chi connectivity index (χ2v) is 7.65. The van der Waals surface area contributed by atoms with Crippen molar-refractivity contribution in [3.8, 4) is 0 Å². The number of nitrogens with two attached hydrogens (primary N) is 1. The molecule has 0 aromatic heterocycles. The predicted molar refractivity (Wildman–Crippen MR) is 80.3 cm³/mol. The van der Waals surface area contributed by atoms with Gasteiger partial charge in [0.25, 0.3) is 0 Å². The summed E-state index contributed by atoms with van der Waals surface area (Å²) in [6, 6.07) is 8.43. The molecule has 0 spiro atoms. The number of fused-ring (bicyclic) bond motifs is 1. The van der Waals surface area contributed by atoms with Crippen LogP contribution in [0.2, 0.25) is 0 Å². The fourth-order valence-electron chi connectivity index (χ4n) is 2.83. The van der Waals surface area contributed by atoms with Crippen LogP contribution in [0.25, 0.3) is 0 Å². The topological polar surface area (TPSA) is 72.6 Å². The Kier molecular flexibility index (Phi) is 3.45. The highest BCUT2D eigenvalue weighted by atomic mass is 32.2. The molecule has 0 bridgehead atoms. The number of ether oxygens (including phenoxy) is 1. The molecular weight excluding hydrogens is 288 g/mol. The number of hydrogen-bond donors (Lipinski definition) is 1. The summed E-state index contributed by atoms with van der Waals surface area (Å²) in [5.41, 5.74) is 6.72. The molecule has 21 heavy (non-hydrogen) atoms. The molecule has 2 N–H and O–H groups in total. The van der Waals surface area contributed by atoms with E-state index in [0.717, 1.165) is 5.56 Å². The maximum atomic E-state index is 12.4. The van der Waals surface area contributed by atoms with Gasteiger partial charge in [-0.3, -0.25) is 4.79 Å². The molecule has 0 aliphatic carbocycles. The largest absolute Gasteiger partial charge is 0.459 e. The zero-order valence-corrected chi connectivity index (χ0v) is 12.8. The molecule has 6 heteroatoms. The lowest BCUT2D eigenvalue weighted by atomic mass is 9.96. The highest BCUT2D eigenvalue weighted by molar-refractivity contribution is 8.01. The van der Waals surface area contributed by atoms with Crippen molar-refractivity contribution in [2.45, 2.75) is 42.7 Å². The number of nitrogens with zero attached hydrogens (tertiary/aromatic N) is 1. The van der Waals surface area contributed by atoms with Crippen LogP contribution in [0.1, 0.15) is 19.4 Å². The van der Waals surface area contributed by atoms with Gasteiger partial charge in [0.05, 0.1) is 0 Å². The smallest absolute Gasteiger partial charge is 0.330 e. The van der Waals surface area contributed by atoms with E-state index in [-0.39, 0.29) is 28.6 Å². The molecule has 3 atom stereocenters. The van der Waals surface area contributed by atoms with Crippen molar-refractivity contribution < 1.29 is 14.3 Å². The first-order chi connectivity index (χ1) is 9.92. The van der Waals surface area contributed by atoms with E-state index in [1.165, 1.54) is 0 Å². The van der Waals surface area contributed by atoms with Crippen molar-refractivity contribution in [3.05, 3.63) is 35.9 Å². The van der Waals surface area contributed by atoms with E-state index >= 15 is 0 Å². The van der Waals surface area contributed by atoms with E-state index in [0.29, 0.717) is 0 Å². The molecule has 1 aromatic carbocycles. The summed E-state index contributed by atoms with van der Waals surface area (Å²) >= 11 is 1.57. The van der Waals surface area contributed by atoms with E-state index in [1.807, 2.05) is 44.2 Å². The van der Waals surface area contributed by atoms with Crippen LogP contribution in [-0.4, -0.2) is 39.0 Å². The van der Waals surface area contributed by atoms with Crippen molar-refractivity contribution in [3.63, 3.8) is 0 Å². The van der Waals surface area contributed by atoms with Crippen LogP contribution in [-0.2, 0) is 20.9 Å². The number of benzene rings is 1. The summed E-state index contributed by atoms with van der Waals surface area (Å²) in [7, 11) is 0. The summed E-state index contributed by atoms with van der Waals surface area (Å²) < 4.78 is 5.01. The van der Waals surface area contributed by atoms with Gasteiger partial charge in [0.1, 0.15) is 24.1 Å². The third-order valence-corrected chi connectivity index (χ3v) is 5.52. The second-order valence-electron chi connectivity index (χ2n) is 5.88. The molecule has 112 valence electrons. The first-order valence-corrected chi connectivity index (χ1v) is 7.76. The fourth-order valence-corrected chi connectivity index (χ4v) is 4.39. The number of esters is 1. The standard InChI is InChI=1S/C15H18N2O3S/c1-15(2)11(17-12(18)10(16)13(17)21-15)14(19)20-8-9-6-4-3-5-7-9/h3-7,10-11,13H,8,16H2,1-2H3/t10-,11+,13+/m1/s1. The van der Waals surface area contributed by atoms with Crippen LogP contribution in [0.4, 0.5) is 0 Å². The lowest BCUT2D eigenvalue weighted by Gasteiger charge is -2.41. The van der Waals surface area contributed by atoms with Crippen LogP contribution in [0, 0.1) is 0 Å². The van der Waals surface area contributed by atoms with Crippen molar-refractivity contribution in [2.24, 2.45) is 5.73 Å². The van der Waals surface area contributed by atoms with E-state index in [9.17, 15) is 9.59 Å². The molecule has 0 unspecified atom stereocenters.